The lowest BCUT2D eigenvalue weighted by molar-refractivity contribution is -0.140. The zero-order valence-corrected chi connectivity index (χ0v) is 15.4. The Morgan fingerprint density at radius 2 is 2.15 bits per heavy atom. The molecule has 0 bridgehead atoms. The Hall–Kier alpha value is -2.08. The molecule has 2 fully saturated rings. The Bertz CT molecular complexity index is 706. The quantitative estimate of drug-likeness (QED) is 0.897. The Balaban J connectivity index is 1.37. The SMILES string of the molecule is CN1CCC2C(CCCN2C(=O)COc2ccc3c(c2)CCC(=O)N3)C1. The Labute approximate surface area is 154 Å². The third-order valence-electron chi connectivity index (χ3n) is 5.93. The minimum Gasteiger partial charge on any atom is -0.484 e. The normalized spacial score (nSPS) is 25.9. The van der Waals surface area contributed by atoms with E-state index in [9.17, 15) is 9.59 Å². The Kier molecular flexibility index (Phi) is 4.85. The summed E-state index contributed by atoms with van der Waals surface area (Å²) in [5.41, 5.74) is 1.92. The number of benzene rings is 1. The predicted octanol–water partition coefficient (Wildman–Crippen LogP) is 1.89. The molecule has 140 valence electrons. The fourth-order valence-electron chi connectivity index (χ4n) is 4.57. The van der Waals surface area contributed by atoms with Crippen LogP contribution in [0, 0.1) is 5.92 Å². The van der Waals surface area contributed by atoms with Crippen molar-refractivity contribution in [2.45, 2.75) is 38.1 Å². The first-order valence-electron chi connectivity index (χ1n) is 9.64. The van der Waals surface area contributed by atoms with E-state index < -0.39 is 0 Å². The number of hydrogen-bond acceptors (Lipinski definition) is 4. The summed E-state index contributed by atoms with van der Waals surface area (Å²) in [6.45, 7) is 3.09. The first kappa shape index (κ1) is 17.3. The van der Waals surface area contributed by atoms with Crippen molar-refractivity contribution in [1.29, 1.82) is 0 Å². The molecule has 26 heavy (non-hydrogen) atoms. The average molecular weight is 357 g/mol. The van der Waals surface area contributed by atoms with Crippen molar-refractivity contribution in [2.75, 3.05) is 38.6 Å². The van der Waals surface area contributed by atoms with Crippen molar-refractivity contribution in [3.63, 3.8) is 0 Å². The molecule has 6 nitrogen and oxygen atoms in total. The summed E-state index contributed by atoms with van der Waals surface area (Å²) in [6, 6.07) is 6.00. The molecular formula is C20H27N3O3. The van der Waals surface area contributed by atoms with Crippen LogP contribution in [-0.4, -0.2) is 60.9 Å². The van der Waals surface area contributed by atoms with Crippen LogP contribution in [0.2, 0.25) is 0 Å². The van der Waals surface area contributed by atoms with Gasteiger partial charge < -0.3 is 19.9 Å². The van der Waals surface area contributed by atoms with Crippen molar-refractivity contribution >= 4 is 17.5 Å². The molecule has 2 saturated heterocycles. The second-order valence-corrected chi connectivity index (χ2v) is 7.76. The van der Waals surface area contributed by atoms with Crippen LogP contribution in [0.4, 0.5) is 5.69 Å². The van der Waals surface area contributed by atoms with Crippen LogP contribution in [0.15, 0.2) is 18.2 Å². The van der Waals surface area contributed by atoms with Crippen LogP contribution in [-0.2, 0) is 16.0 Å². The lowest BCUT2D eigenvalue weighted by Crippen LogP contribution is -2.55. The number of amides is 2. The van der Waals surface area contributed by atoms with Gasteiger partial charge in [0, 0.05) is 31.2 Å². The predicted molar refractivity (Wildman–Crippen MR) is 99.2 cm³/mol. The number of nitrogens with zero attached hydrogens (tertiary/aromatic N) is 2. The van der Waals surface area contributed by atoms with E-state index in [1.165, 1.54) is 6.42 Å². The van der Waals surface area contributed by atoms with Crippen molar-refractivity contribution in [3.05, 3.63) is 23.8 Å². The maximum Gasteiger partial charge on any atom is 0.260 e. The van der Waals surface area contributed by atoms with Crippen molar-refractivity contribution < 1.29 is 14.3 Å². The van der Waals surface area contributed by atoms with E-state index in [0.717, 1.165) is 50.1 Å². The second kappa shape index (κ2) is 7.27. The Morgan fingerprint density at radius 1 is 1.27 bits per heavy atom. The van der Waals surface area contributed by atoms with E-state index in [-0.39, 0.29) is 18.4 Å². The lowest BCUT2D eigenvalue weighted by atomic mass is 9.84. The maximum atomic E-state index is 12.8. The van der Waals surface area contributed by atoms with Crippen LogP contribution >= 0.6 is 0 Å². The number of piperidine rings is 2. The summed E-state index contributed by atoms with van der Waals surface area (Å²) in [5, 5.41) is 2.86. The summed E-state index contributed by atoms with van der Waals surface area (Å²) in [7, 11) is 2.17. The lowest BCUT2D eigenvalue weighted by Gasteiger charge is -2.46. The standard InChI is InChI=1S/C20H27N3O3/c1-22-10-8-18-15(12-22)3-2-9-23(18)20(25)13-26-16-5-6-17-14(11-16)4-7-19(24)21-17/h5-6,11,15,18H,2-4,7-10,12-13H2,1H3,(H,21,24). The number of nitrogens with one attached hydrogen (secondary N) is 1. The van der Waals surface area contributed by atoms with E-state index in [4.69, 9.17) is 4.74 Å². The first-order valence-corrected chi connectivity index (χ1v) is 9.64. The smallest absolute Gasteiger partial charge is 0.260 e. The highest BCUT2D eigenvalue weighted by atomic mass is 16.5. The van der Waals surface area contributed by atoms with Gasteiger partial charge in [0.1, 0.15) is 5.75 Å². The zero-order valence-electron chi connectivity index (χ0n) is 15.4. The molecule has 3 aliphatic heterocycles. The van der Waals surface area contributed by atoms with E-state index in [1.54, 1.807) is 0 Å². The highest BCUT2D eigenvalue weighted by Crippen LogP contribution is 2.31. The average Bonchev–Trinajstić information content (AvgIpc) is 2.65. The van der Waals surface area contributed by atoms with E-state index in [2.05, 4.69) is 22.2 Å². The molecular weight excluding hydrogens is 330 g/mol. The number of carbonyl (C=O) groups is 2. The number of fused-ring (bicyclic) bond motifs is 2. The van der Waals surface area contributed by atoms with Gasteiger partial charge in [-0.25, -0.2) is 0 Å². The molecule has 4 rings (SSSR count). The van der Waals surface area contributed by atoms with Crippen LogP contribution in [0.1, 0.15) is 31.2 Å². The van der Waals surface area contributed by atoms with E-state index >= 15 is 0 Å². The van der Waals surface area contributed by atoms with Crippen molar-refractivity contribution in [1.82, 2.24) is 9.80 Å². The van der Waals surface area contributed by atoms with Crippen LogP contribution in [0.25, 0.3) is 0 Å². The van der Waals surface area contributed by atoms with Gasteiger partial charge in [-0.1, -0.05) is 0 Å². The molecule has 0 aliphatic carbocycles. The fourth-order valence-corrected chi connectivity index (χ4v) is 4.57. The molecule has 1 aromatic carbocycles. The number of hydrogen-bond donors (Lipinski definition) is 1. The third kappa shape index (κ3) is 3.56. The van der Waals surface area contributed by atoms with Crippen LogP contribution in [0.5, 0.6) is 5.75 Å². The topological polar surface area (TPSA) is 61.9 Å². The molecule has 2 unspecified atom stereocenters. The molecule has 0 saturated carbocycles. The second-order valence-electron chi connectivity index (χ2n) is 7.76. The zero-order chi connectivity index (χ0) is 18.1. The molecule has 0 aromatic heterocycles. The highest BCUT2D eigenvalue weighted by Gasteiger charge is 2.37. The molecule has 0 spiro atoms. The van der Waals surface area contributed by atoms with E-state index in [0.29, 0.717) is 24.1 Å². The number of ether oxygens (including phenoxy) is 1. The molecule has 6 heteroatoms. The summed E-state index contributed by atoms with van der Waals surface area (Å²) in [6.07, 6.45) is 4.58. The van der Waals surface area contributed by atoms with Gasteiger partial charge in [-0.3, -0.25) is 9.59 Å². The fraction of sp³-hybridized carbons (Fsp3) is 0.600. The van der Waals surface area contributed by atoms with Gasteiger partial charge in [-0.05, 0) is 69.0 Å². The minimum atomic E-state index is 0.0547. The third-order valence-corrected chi connectivity index (χ3v) is 5.93. The summed E-state index contributed by atoms with van der Waals surface area (Å²) in [5.74, 6) is 1.44. The van der Waals surface area contributed by atoms with Gasteiger partial charge in [0.15, 0.2) is 6.61 Å². The number of anilines is 1. The van der Waals surface area contributed by atoms with Crippen molar-refractivity contribution in [2.24, 2.45) is 5.92 Å². The molecule has 1 aromatic rings. The van der Waals surface area contributed by atoms with Gasteiger partial charge >= 0.3 is 0 Å². The molecule has 1 N–H and O–H groups in total. The monoisotopic (exact) mass is 357 g/mol. The number of rotatable bonds is 3. The largest absolute Gasteiger partial charge is 0.484 e. The van der Waals surface area contributed by atoms with E-state index in [1.807, 2.05) is 18.2 Å². The number of carbonyl (C=O) groups excluding carboxylic acids is 2. The molecule has 3 heterocycles. The molecule has 0 radical (unpaired) electrons. The summed E-state index contributed by atoms with van der Waals surface area (Å²) >= 11 is 0. The number of likely N-dealkylation sites (tertiary alicyclic amines) is 2. The van der Waals surface area contributed by atoms with Gasteiger partial charge in [0.25, 0.3) is 5.91 Å². The van der Waals surface area contributed by atoms with Crippen molar-refractivity contribution in [3.8, 4) is 5.75 Å². The van der Waals surface area contributed by atoms with Gasteiger partial charge in [-0.2, -0.15) is 0 Å². The molecule has 2 atom stereocenters. The minimum absolute atomic E-state index is 0.0547. The van der Waals surface area contributed by atoms with Gasteiger partial charge in [-0.15, -0.1) is 0 Å². The van der Waals surface area contributed by atoms with Gasteiger partial charge in [0.05, 0.1) is 0 Å². The first-order chi connectivity index (χ1) is 12.6. The molecule has 2 amide bonds. The highest BCUT2D eigenvalue weighted by molar-refractivity contribution is 5.94. The maximum absolute atomic E-state index is 12.8. The summed E-state index contributed by atoms with van der Waals surface area (Å²) < 4.78 is 5.80. The van der Waals surface area contributed by atoms with Crippen LogP contribution in [0.3, 0.4) is 0 Å². The van der Waals surface area contributed by atoms with Gasteiger partial charge in [0.2, 0.25) is 5.91 Å². The molecule has 3 aliphatic rings. The van der Waals surface area contributed by atoms with Crippen LogP contribution < -0.4 is 10.1 Å². The Morgan fingerprint density at radius 3 is 3.04 bits per heavy atom. The summed E-state index contributed by atoms with van der Waals surface area (Å²) in [4.78, 5) is 28.6. The number of aryl methyl sites for hydroxylation is 1.